The Morgan fingerprint density at radius 2 is 1.90 bits per heavy atom. The third-order valence-corrected chi connectivity index (χ3v) is 5.92. The molecule has 0 unspecified atom stereocenters. The van der Waals surface area contributed by atoms with Gasteiger partial charge in [0.15, 0.2) is 0 Å². The van der Waals surface area contributed by atoms with Crippen LogP contribution in [0.15, 0.2) is 24.3 Å². The van der Waals surface area contributed by atoms with E-state index in [1.165, 1.54) is 6.07 Å². The van der Waals surface area contributed by atoms with Crippen LogP contribution in [0.2, 0.25) is 0 Å². The Labute approximate surface area is 172 Å². The maximum Gasteiger partial charge on any atom is 0.223 e. The van der Waals surface area contributed by atoms with Crippen molar-refractivity contribution in [3.8, 4) is 0 Å². The Morgan fingerprint density at radius 3 is 2.55 bits per heavy atom. The molecule has 2 saturated heterocycles. The van der Waals surface area contributed by atoms with Crippen molar-refractivity contribution < 1.29 is 18.7 Å². The van der Waals surface area contributed by atoms with Crippen LogP contribution < -0.4 is 5.73 Å². The first-order chi connectivity index (χ1) is 14.0. The molecular formula is C22H32FN3O3. The Kier molecular flexibility index (Phi) is 8.00. The van der Waals surface area contributed by atoms with E-state index < -0.39 is 5.91 Å². The van der Waals surface area contributed by atoms with Crippen molar-refractivity contribution in [2.45, 2.75) is 51.2 Å². The lowest BCUT2D eigenvalue weighted by atomic mass is 9.95. The van der Waals surface area contributed by atoms with Gasteiger partial charge < -0.3 is 15.4 Å². The van der Waals surface area contributed by atoms with Gasteiger partial charge in [-0.3, -0.25) is 14.5 Å². The van der Waals surface area contributed by atoms with Crippen molar-refractivity contribution in [3.05, 3.63) is 35.6 Å². The van der Waals surface area contributed by atoms with Crippen molar-refractivity contribution in [2.75, 3.05) is 32.8 Å². The van der Waals surface area contributed by atoms with Crippen molar-refractivity contribution >= 4 is 11.8 Å². The van der Waals surface area contributed by atoms with Crippen LogP contribution >= 0.6 is 0 Å². The first-order valence-electron chi connectivity index (χ1n) is 10.6. The number of likely N-dealkylation sites (tertiary alicyclic amines) is 1. The summed E-state index contributed by atoms with van der Waals surface area (Å²) in [5.41, 5.74) is 5.94. The number of hydrogen-bond acceptors (Lipinski definition) is 4. The molecule has 6 nitrogen and oxygen atoms in total. The molecule has 0 aliphatic carbocycles. The number of piperidine rings is 1. The zero-order valence-electron chi connectivity index (χ0n) is 17.0. The van der Waals surface area contributed by atoms with E-state index in [4.69, 9.17) is 10.5 Å². The highest BCUT2D eigenvalue weighted by molar-refractivity contribution is 5.82. The largest absolute Gasteiger partial charge is 0.376 e. The molecule has 29 heavy (non-hydrogen) atoms. The molecule has 3 rings (SSSR count). The summed E-state index contributed by atoms with van der Waals surface area (Å²) in [5.74, 6) is -0.215. The first kappa shape index (κ1) is 21.7. The number of amides is 2. The fourth-order valence-corrected chi connectivity index (χ4v) is 4.21. The lowest BCUT2D eigenvalue weighted by Gasteiger charge is -2.35. The van der Waals surface area contributed by atoms with Gasteiger partial charge in [-0.25, -0.2) is 4.39 Å². The molecular weight excluding hydrogens is 373 g/mol. The molecule has 1 atom stereocenters. The molecule has 0 saturated carbocycles. The fraction of sp³-hybridized carbons (Fsp3) is 0.636. The Balaban J connectivity index is 1.50. The van der Waals surface area contributed by atoms with Crippen LogP contribution in [0.4, 0.5) is 4.39 Å². The summed E-state index contributed by atoms with van der Waals surface area (Å²) in [7, 11) is 0. The Morgan fingerprint density at radius 1 is 1.14 bits per heavy atom. The van der Waals surface area contributed by atoms with Crippen LogP contribution in [0, 0.1) is 11.7 Å². The predicted octanol–water partition coefficient (Wildman–Crippen LogP) is 2.31. The summed E-state index contributed by atoms with van der Waals surface area (Å²) >= 11 is 0. The molecule has 1 aromatic rings. The first-order valence-corrected chi connectivity index (χ1v) is 10.6. The van der Waals surface area contributed by atoms with Crippen molar-refractivity contribution in [1.82, 2.24) is 9.80 Å². The zero-order chi connectivity index (χ0) is 20.6. The molecule has 2 N–H and O–H groups in total. The number of carbonyl (C=O) groups excluding carboxylic acids is 2. The van der Waals surface area contributed by atoms with Crippen LogP contribution in [0.3, 0.4) is 0 Å². The SMILES string of the molecule is NC(=O)CCC(=O)N(CC1CCN(Cc2ccccc2F)CC1)C[C@@H]1CCCO1. The molecule has 2 aliphatic rings. The van der Waals surface area contributed by atoms with E-state index in [0.29, 0.717) is 25.6 Å². The molecule has 0 spiro atoms. The number of primary amides is 1. The van der Waals surface area contributed by atoms with Gasteiger partial charge in [-0.05, 0) is 50.8 Å². The van der Waals surface area contributed by atoms with Crippen LogP contribution in [0.1, 0.15) is 44.1 Å². The molecule has 2 amide bonds. The molecule has 0 aromatic heterocycles. The highest BCUT2D eigenvalue weighted by atomic mass is 19.1. The number of carbonyl (C=O) groups is 2. The summed E-state index contributed by atoms with van der Waals surface area (Å²) in [6.07, 6.45) is 4.28. The van der Waals surface area contributed by atoms with Crippen molar-refractivity contribution in [2.24, 2.45) is 11.7 Å². The van der Waals surface area contributed by atoms with Gasteiger partial charge in [0, 0.05) is 44.6 Å². The minimum atomic E-state index is -0.447. The Hall–Kier alpha value is -1.99. The van der Waals surface area contributed by atoms with Gasteiger partial charge >= 0.3 is 0 Å². The topological polar surface area (TPSA) is 75.9 Å². The second kappa shape index (κ2) is 10.7. The van der Waals surface area contributed by atoms with Gasteiger partial charge in [0.1, 0.15) is 5.82 Å². The summed E-state index contributed by atoms with van der Waals surface area (Å²) in [6.45, 7) is 4.43. The normalized spacial score (nSPS) is 20.7. The maximum absolute atomic E-state index is 13.9. The van der Waals surface area contributed by atoms with E-state index in [1.54, 1.807) is 6.07 Å². The molecule has 0 radical (unpaired) electrons. The highest BCUT2D eigenvalue weighted by Crippen LogP contribution is 2.23. The molecule has 7 heteroatoms. The second-order valence-electron chi connectivity index (χ2n) is 8.21. The monoisotopic (exact) mass is 405 g/mol. The number of benzene rings is 1. The third kappa shape index (κ3) is 6.78. The van der Waals surface area contributed by atoms with Crippen LogP contribution in [-0.4, -0.2) is 60.5 Å². The summed E-state index contributed by atoms with van der Waals surface area (Å²) < 4.78 is 19.6. The number of nitrogens with zero attached hydrogens (tertiary/aromatic N) is 2. The van der Waals surface area contributed by atoms with Crippen molar-refractivity contribution in [1.29, 1.82) is 0 Å². The molecule has 2 aliphatic heterocycles. The fourth-order valence-electron chi connectivity index (χ4n) is 4.21. The molecule has 2 fully saturated rings. The van der Waals surface area contributed by atoms with Crippen LogP contribution in [-0.2, 0) is 20.9 Å². The van der Waals surface area contributed by atoms with E-state index in [2.05, 4.69) is 4.90 Å². The number of halogens is 1. The molecule has 0 bridgehead atoms. The predicted molar refractivity (Wildman–Crippen MR) is 108 cm³/mol. The van der Waals surface area contributed by atoms with Crippen molar-refractivity contribution in [3.63, 3.8) is 0 Å². The summed E-state index contributed by atoms with van der Waals surface area (Å²) in [4.78, 5) is 27.9. The molecule has 2 heterocycles. The summed E-state index contributed by atoms with van der Waals surface area (Å²) in [6, 6.07) is 6.92. The van der Waals surface area contributed by atoms with Crippen LogP contribution in [0.5, 0.6) is 0 Å². The van der Waals surface area contributed by atoms with Gasteiger partial charge in [0.25, 0.3) is 0 Å². The standard InChI is InChI=1S/C22H32FN3O3/c23-20-6-2-1-4-18(20)15-25-11-9-17(10-12-25)14-26(16-19-5-3-13-29-19)22(28)8-7-21(24)27/h1-2,4,6,17,19H,3,5,7-16H2,(H2,24,27)/t19-/m0/s1. The lowest BCUT2D eigenvalue weighted by molar-refractivity contribution is -0.135. The smallest absolute Gasteiger partial charge is 0.223 e. The van der Waals surface area contributed by atoms with Gasteiger partial charge in [0.2, 0.25) is 11.8 Å². The zero-order valence-corrected chi connectivity index (χ0v) is 17.0. The van der Waals surface area contributed by atoms with Gasteiger partial charge in [-0.1, -0.05) is 18.2 Å². The Bertz CT molecular complexity index is 686. The number of ether oxygens (including phenoxy) is 1. The van der Waals surface area contributed by atoms with E-state index in [9.17, 15) is 14.0 Å². The maximum atomic E-state index is 13.9. The average molecular weight is 406 g/mol. The van der Waals surface area contributed by atoms with Gasteiger partial charge in [-0.2, -0.15) is 0 Å². The quantitative estimate of drug-likeness (QED) is 0.684. The van der Waals surface area contributed by atoms with E-state index >= 15 is 0 Å². The summed E-state index contributed by atoms with van der Waals surface area (Å²) in [5, 5.41) is 0. The number of nitrogens with two attached hydrogens (primary N) is 1. The van der Waals surface area contributed by atoms with E-state index in [1.807, 2.05) is 17.0 Å². The number of hydrogen-bond donors (Lipinski definition) is 1. The highest BCUT2D eigenvalue weighted by Gasteiger charge is 2.27. The van der Waals surface area contributed by atoms with Gasteiger partial charge in [0.05, 0.1) is 6.10 Å². The third-order valence-electron chi connectivity index (χ3n) is 5.92. The minimum absolute atomic E-state index is 0.0203. The minimum Gasteiger partial charge on any atom is -0.376 e. The molecule has 160 valence electrons. The van der Waals surface area contributed by atoms with Gasteiger partial charge in [-0.15, -0.1) is 0 Å². The number of rotatable bonds is 9. The van der Waals surface area contributed by atoms with E-state index in [-0.39, 0.29) is 30.7 Å². The average Bonchev–Trinajstić information content (AvgIpc) is 3.22. The molecule has 1 aromatic carbocycles. The second-order valence-corrected chi connectivity index (χ2v) is 8.21. The van der Waals surface area contributed by atoms with E-state index in [0.717, 1.165) is 50.9 Å². The van der Waals surface area contributed by atoms with Crippen LogP contribution in [0.25, 0.3) is 0 Å². The lowest BCUT2D eigenvalue weighted by Crippen LogP contribution is -2.43.